The summed E-state index contributed by atoms with van der Waals surface area (Å²) in [4.78, 5) is 49.9. The molecule has 234 valence electrons. The fraction of sp³-hybridized carbons (Fsp3) is 0.629. The number of benzene rings is 1. The van der Waals surface area contributed by atoms with Gasteiger partial charge in [0.1, 0.15) is 6.04 Å². The Morgan fingerprint density at radius 1 is 1.12 bits per heavy atom. The van der Waals surface area contributed by atoms with Gasteiger partial charge in [0.05, 0.1) is 29.2 Å². The molecule has 2 bridgehead atoms. The Bertz CT molecular complexity index is 1200. The summed E-state index contributed by atoms with van der Waals surface area (Å²) in [6, 6.07) is 8.45. The third kappa shape index (κ3) is 5.26. The molecule has 7 nitrogen and oxygen atoms in total. The van der Waals surface area contributed by atoms with E-state index >= 15 is 4.79 Å². The van der Waals surface area contributed by atoms with Crippen LogP contribution in [0.5, 0.6) is 0 Å². The fourth-order valence-corrected chi connectivity index (χ4v) is 10.9. The van der Waals surface area contributed by atoms with Crippen LogP contribution in [0.2, 0.25) is 0 Å². The van der Waals surface area contributed by atoms with Gasteiger partial charge < -0.3 is 19.8 Å². The van der Waals surface area contributed by atoms with E-state index < -0.39 is 28.7 Å². The van der Waals surface area contributed by atoms with Crippen molar-refractivity contribution in [1.29, 1.82) is 0 Å². The SMILES string of the molecule is C=CCN(C(=O)[C@@H]1[C@H]2C(=O)N([C@@H](CO)[C@@H](C)CC)C(C(=O)N(CC=C)C3CCCCC3)C23S[C@@H]1CC3C)c1ccccc1. The molecule has 0 radical (unpaired) electrons. The van der Waals surface area contributed by atoms with Crippen LogP contribution in [-0.4, -0.2) is 80.4 Å². The number of aliphatic hydroxyl groups excluding tert-OH is 1. The standard InChI is InChI=1S/C35H49N3O4S/c1-6-19-36(25-15-11-9-12-16-25)32(40)29-28-21-24(5)35(43-28)30(29)33(41)38(27(22-39)23(4)8-3)31(35)34(42)37(20-7-2)26-17-13-10-14-18-26/h6-7,9,11-12,15-16,23-24,26-31,39H,1-2,8,10,13-14,17-22H2,3-5H3/t23-,24?,27-,28+,29-,30-,31?,35?/m0/s1. The number of anilines is 1. The summed E-state index contributed by atoms with van der Waals surface area (Å²) in [7, 11) is 0. The van der Waals surface area contributed by atoms with Crippen molar-refractivity contribution in [2.75, 3.05) is 24.6 Å². The Labute approximate surface area is 261 Å². The number of fused-ring (bicyclic) bond motifs is 1. The number of carbonyl (C=O) groups is 3. The van der Waals surface area contributed by atoms with Crippen LogP contribution in [0.25, 0.3) is 0 Å². The summed E-state index contributed by atoms with van der Waals surface area (Å²) >= 11 is 1.71. The van der Waals surface area contributed by atoms with Gasteiger partial charge in [0, 0.05) is 30.1 Å². The lowest BCUT2D eigenvalue weighted by Gasteiger charge is -2.45. The molecule has 4 fully saturated rings. The maximum absolute atomic E-state index is 15.0. The first-order valence-corrected chi connectivity index (χ1v) is 17.1. The molecular weight excluding hydrogens is 558 g/mol. The fourth-order valence-electron chi connectivity index (χ4n) is 8.54. The van der Waals surface area contributed by atoms with E-state index in [1.54, 1.807) is 33.7 Å². The summed E-state index contributed by atoms with van der Waals surface area (Å²) in [5.41, 5.74) is 0.777. The lowest BCUT2D eigenvalue weighted by molar-refractivity contribution is -0.148. The number of para-hydroxylation sites is 1. The molecule has 1 N–H and O–H groups in total. The number of amides is 3. The van der Waals surface area contributed by atoms with Crippen molar-refractivity contribution in [1.82, 2.24) is 9.80 Å². The van der Waals surface area contributed by atoms with E-state index in [0.29, 0.717) is 13.1 Å². The minimum Gasteiger partial charge on any atom is -0.394 e. The molecular formula is C35H49N3O4S. The zero-order valence-electron chi connectivity index (χ0n) is 26.1. The molecule has 8 atom stereocenters. The van der Waals surface area contributed by atoms with Gasteiger partial charge in [0.25, 0.3) is 0 Å². The number of nitrogens with zero attached hydrogens (tertiary/aromatic N) is 3. The van der Waals surface area contributed by atoms with E-state index in [9.17, 15) is 14.7 Å². The molecule has 3 amide bonds. The Morgan fingerprint density at radius 2 is 1.79 bits per heavy atom. The first kappa shape index (κ1) is 31.8. The molecule has 3 unspecified atom stereocenters. The summed E-state index contributed by atoms with van der Waals surface area (Å²) in [6.45, 7) is 14.7. The predicted octanol–water partition coefficient (Wildman–Crippen LogP) is 5.30. The van der Waals surface area contributed by atoms with Crippen molar-refractivity contribution in [2.45, 2.75) is 93.8 Å². The number of rotatable bonds is 12. The van der Waals surface area contributed by atoms with Gasteiger partial charge in [-0.1, -0.05) is 76.8 Å². The van der Waals surface area contributed by atoms with Gasteiger partial charge in [0.2, 0.25) is 17.7 Å². The summed E-state index contributed by atoms with van der Waals surface area (Å²) in [6.07, 6.45) is 10.3. The highest BCUT2D eigenvalue weighted by Gasteiger charge is 2.77. The molecule has 4 aliphatic rings. The molecule has 1 aromatic rings. The topological polar surface area (TPSA) is 81.2 Å². The molecule has 8 heteroatoms. The lowest BCUT2D eigenvalue weighted by atomic mass is 9.65. The summed E-state index contributed by atoms with van der Waals surface area (Å²) < 4.78 is -0.731. The van der Waals surface area contributed by atoms with Gasteiger partial charge in [-0.2, -0.15) is 0 Å². The number of carbonyl (C=O) groups excluding carboxylic acids is 3. The number of likely N-dealkylation sites (tertiary alicyclic amines) is 1. The maximum atomic E-state index is 15.0. The monoisotopic (exact) mass is 607 g/mol. The lowest BCUT2D eigenvalue weighted by Crippen LogP contribution is -2.61. The van der Waals surface area contributed by atoms with E-state index in [1.165, 1.54) is 6.42 Å². The molecule has 5 rings (SSSR count). The maximum Gasteiger partial charge on any atom is 0.247 e. The van der Waals surface area contributed by atoms with Gasteiger partial charge in [-0.05, 0) is 43.2 Å². The first-order chi connectivity index (χ1) is 20.8. The normalized spacial score (nSPS) is 31.4. The number of hydrogen-bond donors (Lipinski definition) is 1. The molecule has 1 aromatic carbocycles. The molecule has 1 aliphatic carbocycles. The molecule has 3 aliphatic heterocycles. The van der Waals surface area contributed by atoms with Crippen molar-refractivity contribution in [3.63, 3.8) is 0 Å². The summed E-state index contributed by atoms with van der Waals surface area (Å²) in [5.74, 6) is -1.38. The van der Waals surface area contributed by atoms with Crippen LogP contribution in [0, 0.1) is 23.7 Å². The van der Waals surface area contributed by atoms with E-state index in [-0.39, 0.29) is 47.5 Å². The van der Waals surface area contributed by atoms with Crippen LogP contribution < -0.4 is 4.90 Å². The highest BCUT2D eigenvalue weighted by Crippen LogP contribution is 2.69. The van der Waals surface area contributed by atoms with Crippen molar-refractivity contribution in [3.05, 3.63) is 55.6 Å². The quantitative estimate of drug-likeness (QED) is 0.327. The van der Waals surface area contributed by atoms with Gasteiger partial charge >= 0.3 is 0 Å². The van der Waals surface area contributed by atoms with Gasteiger partial charge in [-0.3, -0.25) is 14.4 Å². The second-order valence-corrected chi connectivity index (χ2v) is 14.6. The molecule has 3 heterocycles. The van der Waals surface area contributed by atoms with Crippen molar-refractivity contribution in [2.24, 2.45) is 23.7 Å². The van der Waals surface area contributed by atoms with Crippen LogP contribution in [0.1, 0.15) is 65.7 Å². The molecule has 0 aromatic heterocycles. The van der Waals surface area contributed by atoms with Crippen LogP contribution in [0.15, 0.2) is 55.6 Å². The average molecular weight is 608 g/mol. The zero-order valence-corrected chi connectivity index (χ0v) is 26.9. The molecule has 1 saturated carbocycles. The number of aliphatic hydroxyl groups is 1. The van der Waals surface area contributed by atoms with E-state index in [4.69, 9.17) is 0 Å². The average Bonchev–Trinajstić information content (AvgIpc) is 3.63. The summed E-state index contributed by atoms with van der Waals surface area (Å²) in [5, 5.41) is 10.7. The van der Waals surface area contributed by atoms with Gasteiger partial charge in [-0.15, -0.1) is 24.9 Å². The molecule has 3 saturated heterocycles. The highest BCUT2D eigenvalue weighted by atomic mass is 32.2. The number of hydrogen-bond acceptors (Lipinski definition) is 5. The second kappa shape index (κ2) is 13.2. The third-order valence-corrected chi connectivity index (χ3v) is 12.9. The minimum atomic E-state index is -0.731. The second-order valence-electron chi connectivity index (χ2n) is 13.1. The smallest absolute Gasteiger partial charge is 0.247 e. The Kier molecular flexibility index (Phi) is 9.76. The van der Waals surface area contributed by atoms with Crippen molar-refractivity contribution >= 4 is 35.2 Å². The third-order valence-electron chi connectivity index (χ3n) is 10.8. The largest absolute Gasteiger partial charge is 0.394 e. The minimum absolute atomic E-state index is 0.00440. The van der Waals surface area contributed by atoms with Crippen LogP contribution in [-0.2, 0) is 14.4 Å². The molecule has 1 spiro atoms. The predicted molar refractivity (Wildman–Crippen MR) is 174 cm³/mol. The van der Waals surface area contributed by atoms with Crippen molar-refractivity contribution < 1.29 is 19.5 Å². The van der Waals surface area contributed by atoms with E-state index in [2.05, 4.69) is 27.0 Å². The number of thioether (sulfide) groups is 1. The van der Waals surface area contributed by atoms with Gasteiger partial charge in [0.15, 0.2) is 0 Å². The van der Waals surface area contributed by atoms with Gasteiger partial charge in [-0.25, -0.2) is 0 Å². The highest BCUT2D eigenvalue weighted by molar-refractivity contribution is 8.02. The Hall–Kier alpha value is -2.58. The van der Waals surface area contributed by atoms with Crippen LogP contribution in [0.4, 0.5) is 5.69 Å². The zero-order chi connectivity index (χ0) is 30.9. The Balaban J connectivity index is 1.61. The van der Waals surface area contributed by atoms with Crippen LogP contribution >= 0.6 is 11.8 Å². The molecule has 43 heavy (non-hydrogen) atoms. The van der Waals surface area contributed by atoms with E-state index in [1.807, 2.05) is 42.2 Å². The first-order valence-electron chi connectivity index (χ1n) is 16.3. The Morgan fingerprint density at radius 3 is 2.40 bits per heavy atom. The van der Waals surface area contributed by atoms with Crippen LogP contribution in [0.3, 0.4) is 0 Å². The van der Waals surface area contributed by atoms with E-state index in [0.717, 1.165) is 44.2 Å². The van der Waals surface area contributed by atoms with Crippen molar-refractivity contribution in [3.8, 4) is 0 Å².